The molecule has 2 N–H and O–H groups in total. The Bertz CT molecular complexity index is 1310. The lowest BCUT2D eigenvalue weighted by molar-refractivity contribution is 0.398. The molecule has 152 valence electrons. The molecule has 4 aromatic rings. The molecule has 0 spiro atoms. The van der Waals surface area contributed by atoms with Crippen LogP contribution in [-0.2, 0) is 0 Å². The Morgan fingerprint density at radius 2 is 1.58 bits per heavy atom. The van der Waals surface area contributed by atoms with E-state index in [9.17, 15) is 8.78 Å². The maximum absolute atomic E-state index is 14.1. The molecule has 31 heavy (non-hydrogen) atoms. The van der Waals surface area contributed by atoms with Crippen molar-refractivity contribution in [3.8, 4) is 39.4 Å². The van der Waals surface area contributed by atoms with Gasteiger partial charge >= 0.3 is 0 Å². The molecule has 0 bridgehead atoms. The number of methoxy groups -OCH3 is 1. The molecule has 0 saturated heterocycles. The molecule has 0 atom stereocenters. The molecule has 0 unspecified atom stereocenters. The molecule has 2 aromatic carbocycles. The average Bonchev–Trinajstić information content (AvgIpc) is 2.78. The smallest absolute Gasteiger partial charge is 0.236 e. The van der Waals surface area contributed by atoms with Gasteiger partial charge in [-0.15, -0.1) is 0 Å². The summed E-state index contributed by atoms with van der Waals surface area (Å²) in [4.78, 5) is 12.2. The Morgan fingerprint density at radius 3 is 2.16 bits per heavy atom. The van der Waals surface area contributed by atoms with E-state index in [4.69, 9.17) is 17.0 Å². The monoisotopic (exact) mass is 414 g/mol. The number of nitrogens with zero attached hydrogens (tertiary/aromatic N) is 3. The zero-order valence-corrected chi connectivity index (χ0v) is 16.4. The minimum Gasteiger partial charge on any atom is -0.481 e. The Kier molecular flexibility index (Phi) is 5.29. The van der Waals surface area contributed by atoms with Crippen molar-refractivity contribution >= 4 is 11.5 Å². The lowest BCUT2D eigenvalue weighted by Crippen LogP contribution is -2.01. The maximum atomic E-state index is 14.1. The van der Waals surface area contributed by atoms with Crippen molar-refractivity contribution in [2.75, 3.05) is 12.8 Å². The minimum atomic E-state index is -0.463. The van der Waals surface area contributed by atoms with Gasteiger partial charge in [-0.25, -0.2) is 23.6 Å². The molecule has 0 amide bonds. The van der Waals surface area contributed by atoms with E-state index >= 15 is 0 Å². The van der Waals surface area contributed by atoms with Crippen LogP contribution in [0.2, 0.25) is 0 Å². The molecule has 4 rings (SSSR count). The third-order valence-corrected chi connectivity index (χ3v) is 4.76. The van der Waals surface area contributed by atoms with Crippen LogP contribution in [0.1, 0.15) is 0 Å². The number of halogens is 2. The van der Waals surface area contributed by atoms with Gasteiger partial charge in [0.15, 0.2) is 0 Å². The van der Waals surface area contributed by atoms with Crippen LogP contribution in [-0.4, -0.2) is 17.1 Å². The van der Waals surface area contributed by atoms with Crippen molar-refractivity contribution < 1.29 is 13.5 Å². The van der Waals surface area contributed by atoms with Crippen LogP contribution in [0.25, 0.3) is 38.4 Å². The minimum absolute atomic E-state index is 0.0289. The average molecular weight is 414 g/mol. The van der Waals surface area contributed by atoms with E-state index < -0.39 is 11.6 Å². The van der Waals surface area contributed by atoms with E-state index in [0.29, 0.717) is 39.4 Å². The van der Waals surface area contributed by atoms with Crippen LogP contribution in [0.4, 0.5) is 20.3 Å². The molecule has 7 heteroatoms. The summed E-state index contributed by atoms with van der Waals surface area (Å²) in [5, 5.41) is 0. The van der Waals surface area contributed by atoms with Crippen LogP contribution in [0.3, 0.4) is 0 Å². The largest absolute Gasteiger partial charge is 0.481 e. The van der Waals surface area contributed by atoms with E-state index in [1.54, 1.807) is 42.6 Å². The third kappa shape index (κ3) is 3.79. The lowest BCUT2D eigenvalue weighted by atomic mass is 9.90. The van der Waals surface area contributed by atoms with Gasteiger partial charge in [0.1, 0.15) is 17.5 Å². The molecule has 0 aliphatic heterocycles. The first kappa shape index (κ1) is 20.0. The number of ether oxygens (including phenoxy) is 1. The second-order valence-electron chi connectivity index (χ2n) is 6.67. The molecule has 0 saturated carbocycles. The number of anilines is 1. The number of nitrogens with two attached hydrogens (primary N) is 1. The number of pyridine rings is 2. The summed E-state index contributed by atoms with van der Waals surface area (Å²) in [5.41, 5.74) is 8.96. The van der Waals surface area contributed by atoms with Crippen LogP contribution in [0.5, 0.6) is 5.88 Å². The third-order valence-electron chi connectivity index (χ3n) is 4.76. The van der Waals surface area contributed by atoms with Crippen LogP contribution in [0.15, 0.2) is 66.9 Å². The number of nitrogen functional groups attached to an aromatic ring is 1. The van der Waals surface area contributed by atoms with Gasteiger partial charge in [0.05, 0.1) is 19.4 Å². The van der Waals surface area contributed by atoms with Crippen molar-refractivity contribution in [3.63, 3.8) is 0 Å². The Labute approximate surface area is 177 Å². The zero-order chi connectivity index (χ0) is 22.0. The predicted molar refractivity (Wildman–Crippen MR) is 115 cm³/mol. The molecule has 5 nitrogen and oxygen atoms in total. The molecular weight excluding hydrogens is 398 g/mol. The van der Waals surface area contributed by atoms with Crippen molar-refractivity contribution in [1.82, 2.24) is 9.97 Å². The summed E-state index contributed by atoms with van der Waals surface area (Å²) < 4.78 is 33.3. The topological polar surface area (TPSA) is 65.4 Å². The standard InChI is InChI=1S/C24H16F2N4O/c1-28-23-20(14-5-3-7-17(25)11-14)21(16-9-10-19(31-2)29-13-16)22(30-24(23)27)15-6-4-8-18(26)12-15/h3-13H,2H3,(H2,27,30). The fraction of sp³-hybridized carbons (Fsp3) is 0.0417. The first-order valence-electron chi connectivity index (χ1n) is 9.25. The molecule has 2 aromatic heterocycles. The van der Waals surface area contributed by atoms with E-state index in [1.165, 1.54) is 31.4 Å². The zero-order valence-electron chi connectivity index (χ0n) is 16.4. The number of hydrogen-bond donors (Lipinski definition) is 1. The van der Waals surface area contributed by atoms with Crippen molar-refractivity contribution in [2.24, 2.45) is 0 Å². The summed E-state index contributed by atoms with van der Waals surface area (Å²) in [6.45, 7) is 7.68. The van der Waals surface area contributed by atoms with E-state index in [-0.39, 0.29) is 11.5 Å². The van der Waals surface area contributed by atoms with E-state index in [0.717, 1.165) is 0 Å². The van der Waals surface area contributed by atoms with Crippen LogP contribution >= 0.6 is 0 Å². The fourth-order valence-corrected chi connectivity index (χ4v) is 3.41. The number of benzene rings is 2. The van der Waals surface area contributed by atoms with Crippen molar-refractivity contribution in [2.45, 2.75) is 0 Å². The molecule has 0 aliphatic rings. The van der Waals surface area contributed by atoms with Gasteiger partial charge < -0.3 is 10.5 Å². The van der Waals surface area contributed by atoms with Gasteiger partial charge in [-0.3, -0.25) is 0 Å². The Hall–Kier alpha value is -4.31. The summed E-state index contributed by atoms with van der Waals surface area (Å²) in [7, 11) is 1.50. The number of aromatic nitrogens is 2. The number of hydrogen-bond acceptors (Lipinski definition) is 4. The van der Waals surface area contributed by atoms with E-state index in [1.807, 2.05) is 0 Å². The first-order chi connectivity index (χ1) is 15.0. The second-order valence-corrected chi connectivity index (χ2v) is 6.67. The Balaban J connectivity index is 2.14. The van der Waals surface area contributed by atoms with Gasteiger partial charge in [-0.05, 0) is 35.9 Å². The summed E-state index contributed by atoms with van der Waals surface area (Å²) in [6.07, 6.45) is 1.56. The molecule has 0 fully saturated rings. The summed E-state index contributed by atoms with van der Waals surface area (Å²) in [5.74, 6) is -0.538. The van der Waals surface area contributed by atoms with Gasteiger partial charge in [0, 0.05) is 34.5 Å². The fourth-order valence-electron chi connectivity index (χ4n) is 3.41. The normalized spacial score (nSPS) is 10.5. The van der Waals surface area contributed by atoms with Gasteiger partial charge in [-0.2, -0.15) is 0 Å². The second kappa shape index (κ2) is 8.20. The summed E-state index contributed by atoms with van der Waals surface area (Å²) >= 11 is 0. The maximum Gasteiger partial charge on any atom is 0.236 e. The molecule has 0 aliphatic carbocycles. The van der Waals surface area contributed by atoms with Crippen LogP contribution in [0, 0.1) is 18.2 Å². The highest BCUT2D eigenvalue weighted by Gasteiger charge is 2.23. The summed E-state index contributed by atoms with van der Waals surface area (Å²) in [6, 6.07) is 15.2. The van der Waals surface area contributed by atoms with Gasteiger partial charge in [0.25, 0.3) is 0 Å². The van der Waals surface area contributed by atoms with Gasteiger partial charge in [-0.1, -0.05) is 24.3 Å². The molecule has 0 radical (unpaired) electrons. The Morgan fingerprint density at radius 1 is 0.903 bits per heavy atom. The quantitative estimate of drug-likeness (QED) is 0.423. The molecule has 2 heterocycles. The number of rotatable bonds is 4. The highest BCUT2D eigenvalue weighted by atomic mass is 19.1. The van der Waals surface area contributed by atoms with E-state index in [2.05, 4.69) is 14.8 Å². The van der Waals surface area contributed by atoms with Gasteiger partial charge in [0.2, 0.25) is 11.6 Å². The van der Waals surface area contributed by atoms with Crippen LogP contribution < -0.4 is 10.5 Å². The highest BCUT2D eigenvalue weighted by molar-refractivity contribution is 6.01. The highest BCUT2D eigenvalue weighted by Crippen LogP contribution is 2.46. The molecular formula is C24H16F2N4O. The van der Waals surface area contributed by atoms with Crippen molar-refractivity contribution in [3.05, 3.63) is 89.9 Å². The predicted octanol–water partition coefficient (Wildman–Crippen LogP) is 5.90. The SMILES string of the molecule is [C-]#[N+]c1c(N)nc(-c2cccc(F)c2)c(-c2ccc(OC)nc2)c1-c1cccc(F)c1. The lowest BCUT2D eigenvalue weighted by Gasteiger charge is -2.18. The van der Waals surface area contributed by atoms with Crippen molar-refractivity contribution in [1.29, 1.82) is 0 Å². The first-order valence-corrected chi connectivity index (χ1v) is 9.25.